The fourth-order valence-electron chi connectivity index (χ4n) is 3.01. The van der Waals surface area contributed by atoms with Gasteiger partial charge in [0.2, 0.25) is 5.91 Å². The average molecular weight is 309 g/mol. The zero-order valence-electron chi connectivity index (χ0n) is 12.9. The van der Waals surface area contributed by atoms with E-state index in [0.717, 1.165) is 37.4 Å². The maximum Gasteiger partial charge on any atom is 0.239 e. The highest BCUT2D eigenvalue weighted by molar-refractivity contribution is 6.30. The van der Waals surface area contributed by atoms with Crippen LogP contribution in [-0.4, -0.2) is 29.9 Å². The number of carbonyl (C=O) groups excluding carboxylic acids is 1. The first-order valence-corrected chi connectivity index (χ1v) is 8.15. The standard InChI is InChI=1S/C17H25ClN2O/c1-12(2)11-16(19)17(21)20-9-7-14(8-10-20)13-3-5-15(18)6-4-13/h3-6,12,14,16H,7-11,19H2,1-2H3. The molecule has 0 saturated carbocycles. The summed E-state index contributed by atoms with van der Waals surface area (Å²) in [6, 6.07) is 7.71. The molecule has 0 aliphatic carbocycles. The number of nitrogens with zero attached hydrogens (tertiary/aromatic N) is 1. The molecule has 0 spiro atoms. The third-order valence-electron chi connectivity index (χ3n) is 4.19. The molecule has 1 fully saturated rings. The second-order valence-corrected chi connectivity index (χ2v) is 6.82. The van der Waals surface area contributed by atoms with Gasteiger partial charge in [0.25, 0.3) is 0 Å². The molecule has 1 saturated heterocycles. The highest BCUT2D eigenvalue weighted by Gasteiger charge is 2.27. The first-order chi connectivity index (χ1) is 9.97. The van der Waals surface area contributed by atoms with E-state index in [9.17, 15) is 4.79 Å². The molecule has 1 atom stereocenters. The predicted octanol–water partition coefficient (Wildman–Crippen LogP) is 3.42. The Hall–Kier alpha value is -1.06. The van der Waals surface area contributed by atoms with Crippen LogP contribution in [0.15, 0.2) is 24.3 Å². The number of piperidine rings is 1. The SMILES string of the molecule is CC(C)CC(N)C(=O)N1CCC(c2ccc(Cl)cc2)CC1. The third kappa shape index (κ3) is 4.45. The zero-order valence-corrected chi connectivity index (χ0v) is 13.6. The first-order valence-electron chi connectivity index (χ1n) is 7.77. The van der Waals surface area contributed by atoms with Gasteiger partial charge < -0.3 is 10.6 Å². The normalized spacial score (nSPS) is 18.0. The van der Waals surface area contributed by atoms with E-state index < -0.39 is 0 Å². The van der Waals surface area contributed by atoms with Crippen molar-refractivity contribution in [3.63, 3.8) is 0 Å². The Morgan fingerprint density at radius 1 is 1.29 bits per heavy atom. The largest absolute Gasteiger partial charge is 0.341 e. The van der Waals surface area contributed by atoms with Gasteiger partial charge in [-0.25, -0.2) is 0 Å². The maximum absolute atomic E-state index is 12.3. The Kier molecular flexibility index (Phi) is 5.65. The Labute approximate surface area is 132 Å². The van der Waals surface area contributed by atoms with Crippen molar-refractivity contribution in [2.75, 3.05) is 13.1 Å². The lowest BCUT2D eigenvalue weighted by Crippen LogP contribution is -2.47. The van der Waals surface area contributed by atoms with Gasteiger partial charge in [0, 0.05) is 18.1 Å². The minimum Gasteiger partial charge on any atom is -0.341 e. The summed E-state index contributed by atoms with van der Waals surface area (Å²) < 4.78 is 0. The van der Waals surface area contributed by atoms with Crippen LogP contribution in [0.3, 0.4) is 0 Å². The Morgan fingerprint density at radius 3 is 2.38 bits per heavy atom. The Morgan fingerprint density at radius 2 is 1.86 bits per heavy atom. The molecule has 1 aliphatic heterocycles. The van der Waals surface area contributed by atoms with Gasteiger partial charge in [0.05, 0.1) is 6.04 Å². The van der Waals surface area contributed by atoms with Crippen molar-refractivity contribution in [3.05, 3.63) is 34.9 Å². The molecule has 1 aliphatic rings. The molecule has 21 heavy (non-hydrogen) atoms. The van der Waals surface area contributed by atoms with Crippen LogP contribution in [0.5, 0.6) is 0 Å². The third-order valence-corrected chi connectivity index (χ3v) is 4.44. The summed E-state index contributed by atoms with van der Waals surface area (Å²) in [5, 5.41) is 0.769. The second-order valence-electron chi connectivity index (χ2n) is 6.39. The number of nitrogens with two attached hydrogens (primary N) is 1. The molecule has 1 heterocycles. The number of carbonyl (C=O) groups is 1. The molecule has 3 nitrogen and oxygen atoms in total. The van der Waals surface area contributed by atoms with E-state index in [1.807, 2.05) is 17.0 Å². The molecule has 0 aromatic heterocycles. The molecule has 0 bridgehead atoms. The Bertz CT molecular complexity index is 464. The van der Waals surface area contributed by atoms with Gasteiger partial charge >= 0.3 is 0 Å². The molecule has 2 rings (SSSR count). The summed E-state index contributed by atoms with van der Waals surface area (Å²) >= 11 is 5.92. The summed E-state index contributed by atoms with van der Waals surface area (Å²) in [4.78, 5) is 14.2. The van der Waals surface area contributed by atoms with Crippen molar-refractivity contribution in [2.45, 2.75) is 45.1 Å². The molecule has 1 aromatic carbocycles. The van der Waals surface area contributed by atoms with Gasteiger partial charge in [-0.05, 0) is 48.8 Å². The predicted molar refractivity (Wildman–Crippen MR) is 87.4 cm³/mol. The molecular weight excluding hydrogens is 284 g/mol. The van der Waals surface area contributed by atoms with E-state index in [1.165, 1.54) is 5.56 Å². The highest BCUT2D eigenvalue weighted by Crippen LogP contribution is 2.29. The van der Waals surface area contributed by atoms with Gasteiger partial charge in [-0.3, -0.25) is 4.79 Å². The molecule has 1 amide bonds. The van der Waals surface area contributed by atoms with Gasteiger partial charge in [-0.15, -0.1) is 0 Å². The summed E-state index contributed by atoms with van der Waals surface area (Å²) in [7, 11) is 0. The van der Waals surface area contributed by atoms with Gasteiger partial charge in [-0.2, -0.15) is 0 Å². The molecular formula is C17H25ClN2O. The van der Waals surface area contributed by atoms with Crippen molar-refractivity contribution in [2.24, 2.45) is 11.7 Å². The molecule has 0 radical (unpaired) electrons. The average Bonchev–Trinajstić information content (AvgIpc) is 2.47. The topological polar surface area (TPSA) is 46.3 Å². The Balaban J connectivity index is 1.88. The van der Waals surface area contributed by atoms with Gasteiger partial charge in [0.1, 0.15) is 0 Å². The summed E-state index contributed by atoms with van der Waals surface area (Å²) in [6.45, 7) is 5.80. The van der Waals surface area contributed by atoms with Crippen molar-refractivity contribution < 1.29 is 4.79 Å². The molecule has 4 heteroatoms. The van der Waals surface area contributed by atoms with Crippen molar-refractivity contribution >= 4 is 17.5 Å². The van der Waals surface area contributed by atoms with Crippen LogP contribution in [-0.2, 0) is 4.79 Å². The number of likely N-dealkylation sites (tertiary alicyclic amines) is 1. The van der Waals surface area contributed by atoms with Crippen molar-refractivity contribution in [1.82, 2.24) is 4.90 Å². The van der Waals surface area contributed by atoms with E-state index in [-0.39, 0.29) is 11.9 Å². The molecule has 1 aromatic rings. The minimum atomic E-state index is -0.350. The van der Waals surface area contributed by atoms with Crippen LogP contribution in [0.25, 0.3) is 0 Å². The fourth-order valence-corrected chi connectivity index (χ4v) is 3.14. The van der Waals surface area contributed by atoms with Crippen LogP contribution in [0, 0.1) is 5.92 Å². The molecule has 1 unspecified atom stereocenters. The van der Waals surface area contributed by atoms with Gasteiger partial charge in [0.15, 0.2) is 0 Å². The zero-order chi connectivity index (χ0) is 15.4. The van der Waals surface area contributed by atoms with Crippen LogP contribution in [0.4, 0.5) is 0 Å². The van der Waals surface area contributed by atoms with E-state index in [1.54, 1.807) is 0 Å². The van der Waals surface area contributed by atoms with Crippen molar-refractivity contribution in [1.29, 1.82) is 0 Å². The number of benzene rings is 1. The van der Waals surface area contributed by atoms with Crippen LogP contribution in [0.2, 0.25) is 5.02 Å². The summed E-state index contributed by atoms with van der Waals surface area (Å²) in [6.07, 6.45) is 2.76. The monoisotopic (exact) mass is 308 g/mol. The van der Waals surface area contributed by atoms with Crippen LogP contribution in [0.1, 0.15) is 44.6 Å². The lowest BCUT2D eigenvalue weighted by atomic mass is 9.89. The van der Waals surface area contributed by atoms with E-state index in [2.05, 4.69) is 26.0 Å². The first kappa shape index (κ1) is 16.3. The molecule has 116 valence electrons. The fraction of sp³-hybridized carbons (Fsp3) is 0.588. The summed E-state index contributed by atoms with van der Waals surface area (Å²) in [5.74, 6) is 1.08. The van der Waals surface area contributed by atoms with E-state index in [4.69, 9.17) is 17.3 Å². The smallest absolute Gasteiger partial charge is 0.239 e. The van der Waals surface area contributed by atoms with E-state index >= 15 is 0 Å². The number of hydrogen-bond acceptors (Lipinski definition) is 2. The number of rotatable bonds is 4. The second kappa shape index (κ2) is 7.28. The van der Waals surface area contributed by atoms with Gasteiger partial charge in [-0.1, -0.05) is 37.6 Å². The molecule has 2 N–H and O–H groups in total. The van der Waals surface area contributed by atoms with Crippen molar-refractivity contribution in [3.8, 4) is 0 Å². The van der Waals surface area contributed by atoms with E-state index in [0.29, 0.717) is 11.8 Å². The van der Waals surface area contributed by atoms with Crippen LogP contribution >= 0.6 is 11.6 Å². The summed E-state index contributed by atoms with van der Waals surface area (Å²) in [5.41, 5.74) is 7.32. The maximum atomic E-state index is 12.3. The lowest BCUT2D eigenvalue weighted by molar-refractivity contribution is -0.134. The number of hydrogen-bond donors (Lipinski definition) is 1. The highest BCUT2D eigenvalue weighted by atomic mass is 35.5. The minimum absolute atomic E-state index is 0.109. The number of amides is 1. The quantitative estimate of drug-likeness (QED) is 0.926. The number of halogens is 1. The van der Waals surface area contributed by atoms with Crippen LogP contribution < -0.4 is 5.73 Å². The lowest BCUT2D eigenvalue weighted by Gasteiger charge is -2.34.